The first-order chi connectivity index (χ1) is 46.9. The van der Waals surface area contributed by atoms with E-state index < -0.39 is 50.9 Å². The van der Waals surface area contributed by atoms with Gasteiger partial charge in [-0.3, -0.25) is 19.9 Å². The molecule has 5 aromatic carbocycles. The Balaban J connectivity index is 0.000000186. The van der Waals surface area contributed by atoms with Crippen molar-refractivity contribution in [3.8, 4) is 91.5 Å². The lowest BCUT2D eigenvalue weighted by Crippen LogP contribution is -2.33. The van der Waals surface area contributed by atoms with E-state index in [1.54, 1.807) is 158 Å². The Kier molecular flexibility index (Phi) is 25.0. The van der Waals surface area contributed by atoms with Gasteiger partial charge < -0.3 is 24.0 Å². The van der Waals surface area contributed by atoms with Crippen molar-refractivity contribution < 1.29 is 43.8 Å². The van der Waals surface area contributed by atoms with Gasteiger partial charge in [0.2, 0.25) is 0 Å². The lowest BCUT2D eigenvalue weighted by atomic mass is 10.1. The Morgan fingerprint density at radius 1 is 0.495 bits per heavy atom. The van der Waals surface area contributed by atoms with Gasteiger partial charge in [-0.2, -0.15) is 0 Å². The molecule has 1 N–H and O–H groups in total. The largest absolute Gasteiger partial charge is 0.444 e. The number of nitrogens with one attached hydrogen (secondary N) is 1. The van der Waals surface area contributed by atoms with E-state index in [0.717, 1.165) is 39.9 Å². The maximum Gasteiger partial charge on any atom is 0.410 e. The topological polar surface area (TPSA) is 299 Å². The Hall–Kier alpha value is -9.94. The number of hydrogen-bond acceptors (Lipinski definition) is 21. The molecule has 11 aromatic rings. The number of hydrogen-bond donors (Lipinski definition) is 1. The molecule has 0 saturated heterocycles. The van der Waals surface area contributed by atoms with Crippen LogP contribution in [0.2, 0.25) is 10.3 Å². The van der Waals surface area contributed by atoms with E-state index in [1.165, 1.54) is 29.1 Å². The van der Waals surface area contributed by atoms with Crippen molar-refractivity contribution in [3.05, 3.63) is 210 Å². The van der Waals surface area contributed by atoms with Crippen molar-refractivity contribution in [2.45, 2.75) is 111 Å². The molecule has 6 aromatic heterocycles. The molecule has 0 aliphatic heterocycles. The predicted molar refractivity (Wildman–Crippen MR) is 382 cm³/mol. The van der Waals surface area contributed by atoms with E-state index >= 15 is 0 Å². The number of carbonyl (C=O) groups excluding carboxylic acids is 1. The van der Waals surface area contributed by atoms with Crippen molar-refractivity contribution >= 4 is 58.8 Å². The molecule has 0 spiro atoms. The average Bonchev–Trinajstić information content (AvgIpc) is 1.75. The molecule has 22 nitrogen and oxygen atoms in total. The molecule has 1 amide bonds. The molecule has 512 valence electrons. The van der Waals surface area contributed by atoms with E-state index in [2.05, 4.69) is 61.4 Å². The van der Waals surface area contributed by atoms with Gasteiger partial charge in [0.05, 0.1) is 97.1 Å². The number of nitrogens with zero attached hydrogens (tertiary/aromatic N) is 11. The third-order valence-electron chi connectivity index (χ3n) is 14.5. The van der Waals surface area contributed by atoms with Crippen LogP contribution in [0, 0.1) is 12.3 Å². The van der Waals surface area contributed by atoms with Gasteiger partial charge in [0.15, 0.2) is 41.0 Å². The highest BCUT2D eigenvalue weighted by Gasteiger charge is 2.24. The SMILES string of the molecule is C#Cc1cncc(-c2ccc(S(=O)(=O)C(C)C)cc2)n1.CC(C)S(=O)(=O)c1ccc(-c2cncc(-c3cc(-c4ccc(CN(C)C(=O)OC(C)(C)C)cc4)no3)n2)cc1.CNCc1ccc(-c2cc(-c3cncc(-c4ccc(S(=O)(=O)C(C)C)cc4)n3)on2)cc1.Clc1cncc(Cl)n1. The summed E-state index contributed by atoms with van der Waals surface area (Å²) in [5.41, 5.74) is 10.3. The van der Waals surface area contributed by atoms with E-state index in [4.69, 9.17) is 43.4 Å². The normalized spacial score (nSPS) is 11.5. The summed E-state index contributed by atoms with van der Waals surface area (Å²) in [6.45, 7) is 16.7. The van der Waals surface area contributed by atoms with Crippen LogP contribution in [0.3, 0.4) is 0 Å². The monoisotopic (exact) mass is 1430 g/mol. The Morgan fingerprint density at radius 3 is 1.17 bits per heavy atom. The number of terminal acetylenes is 1. The van der Waals surface area contributed by atoms with E-state index in [-0.39, 0.29) is 11.0 Å². The first kappa shape index (κ1) is 74.8. The second-order valence-electron chi connectivity index (χ2n) is 23.9. The lowest BCUT2D eigenvalue weighted by Gasteiger charge is -2.24. The fourth-order valence-corrected chi connectivity index (χ4v) is 12.4. The van der Waals surface area contributed by atoms with Crippen LogP contribution in [0.25, 0.3) is 79.2 Å². The molecule has 0 saturated carbocycles. The maximum absolute atomic E-state index is 12.4. The Bertz CT molecular complexity index is 4930. The predicted octanol–water partition coefficient (Wildman–Crippen LogP) is 14.5. The summed E-state index contributed by atoms with van der Waals surface area (Å²) < 4.78 is 90.0. The highest BCUT2D eigenvalue weighted by atomic mass is 35.5. The smallest absolute Gasteiger partial charge is 0.410 e. The van der Waals surface area contributed by atoms with Crippen LogP contribution in [0.15, 0.2) is 207 Å². The number of ether oxygens (including phenoxy) is 1. The van der Waals surface area contributed by atoms with Crippen molar-refractivity contribution in [1.82, 2.24) is 60.4 Å². The molecule has 27 heteroatoms. The average molecular weight is 1430 g/mol. The van der Waals surface area contributed by atoms with Gasteiger partial charge in [0, 0.05) is 60.1 Å². The minimum Gasteiger partial charge on any atom is -0.444 e. The molecule has 0 fully saturated rings. The molecular formula is C72H72Cl2N12O10S3. The highest BCUT2D eigenvalue weighted by Crippen LogP contribution is 2.31. The number of halogens is 2. The van der Waals surface area contributed by atoms with Gasteiger partial charge in [-0.15, -0.1) is 6.42 Å². The second-order valence-corrected chi connectivity index (χ2v) is 32.2. The van der Waals surface area contributed by atoms with Gasteiger partial charge in [0.1, 0.15) is 44.4 Å². The molecule has 11 rings (SSSR count). The lowest BCUT2D eigenvalue weighted by molar-refractivity contribution is 0.0285. The molecule has 6 heterocycles. The van der Waals surface area contributed by atoms with Gasteiger partial charge in [-0.25, -0.2) is 50.0 Å². The fourth-order valence-electron chi connectivity index (χ4n) is 8.93. The van der Waals surface area contributed by atoms with Crippen LogP contribution in [0.1, 0.15) is 79.1 Å². The second kappa shape index (κ2) is 33.1. The summed E-state index contributed by atoms with van der Waals surface area (Å²) in [5, 5.41) is 10.7. The van der Waals surface area contributed by atoms with E-state index in [0.29, 0.717) is 83.7 Å². The fraction of sp³-hybridized carbons (Fsp3) is 0.236. The summed E-state index contributed by atoms with van der Waals surface area (Å²) in [6.07, 6.45) is 17.3. The maximum atomic E-state index is 12.4. The molecule has 99 heavy (non-hydrogen) atoms. The molecule has 0 aliphatic rings. The van der Waals surface area contributed by atoms with Crippen LogP contribution in [0.5, 0.6) is 0 Å². The zero-order valence-electron chi connectivity index (χ0n) is 56.0. The number of rotatable bonds is 17. The number of aromatic nitrogens is 10. The number of amides is 1. The zero-order chi connectivity index (χ0) is 71.8. The number of sulfone groups is 3. The standard InChI is InChI=1S/C29H32N4O5S.C24H24N4O3S.C15H14N2O2S.C4H2Cl2N2/c1-19(2)39(35,36)23-13-11-22(12-14-23)25-16-30-17-26(31-25)27-15-24(32-38-27)21-9-7-20(8-10-21)18-33(6)28(34)37-29(3,4)5;1-16(2)32(29,30)20-10-8-19(9-11-20)22-14-26-15-23(27-22)24-12-21(28-31-24)18-6-4-17(5-7-18)13-25-3;1-4-13-9-16-10-15(17-13)12-5-7-14(8-6-12)20(18,19)11(2)3;5-3-1-7-2-4(6)8-3/h7-17,19H,18H2,1-6H3;4-12,14-16,25H,13H2,1-3H3;1,5-11H,2-3H3;1-2H. The summed E-state index contributed by atoms with van der Waals surface area (Å²) in [4.78, 5) is 48.0. The number of carbonyl (C=O) groups is 1. The van der Waals surface area contributed by atoms with Crippen molar-refractivity contribution in [2.75, 3.05) is 14.1 Å². The van der Waals surface area contributed by atoms with Gasteiger partial charge in [-0.1, -0.05) is 118 Å². The van der Waals surface area contributed by atoms with Crippen LogP contribution >= 0.6 is 23.2 Å². The van der Waals surface area contributed by atoms with Crippen molar-refractivity contribution in [1.29, 1.82) is 0 Å². The van der Waals surface area contributed by atoms with Crippen LogP contribution in [0.4, 0.5) is 4.79 Å². The van der Waals surface area contributed by atoms with Gasteiger partial charge >= 0.3 is 6.09 Å². The molecule has 0 bridgehead atoms. The summed E-state index contributed by atoms with van der Waals surface area (Å²) in [7, 11) is -6.32. The molecule has 0 aliphatic carbocycles. The summed E-state index contributed by atoms with van der Waals surface area (Å²) >= 11 is 10.8. The molecule has 0 unspecified atom stereocenters. The third-order valence-corrected chi connectivity index (χ3v) is 21.3. The highest BCUT2D eigenvalue weighted by molar-refractivity contribution is 7.92. The van der Waals surface area contributed by atoms with E-state index in [1.807, 2.05) is 82.4 Å². The van der Waals surface area contributed by atoms with Crippen LogP contribution in [-0.4, -0.2) is 122 Å². The molecular weight excluding hydrogens is 1360 g/mol. The van der Waals surface area contributed by atoms with E-state index in [9.17, 15) is 30.0 Å². The van der Waals surface area contributed by atoms with Gasteiger partial charge in [-0.05, 0) is 123 Å². The molecule has 0 radical (unpaired) electrons. The zero-order valence-corrected chi connectivity index (χ0v) is 60.0. The quantitative estimate of drug-likeness (QED) is 0.0828. The summed E-state index contributed by atoms with van der Waals surface area (Å²) in [5.74, 6) is 3.38. The minimum atomic E-state index is -3.35. The van der Waals surface area contributed by atoms with Gasteiger partial charge in [0.25, 0.3) is 0 Å². The number of benzene rings is 5. The Labute approximate surface area is 586 Å². The van der Waals surface area contributed by atoms with Crippen molar-refractivity contribution in [2.24, 2.45) is 0 Å². The first-order valence-electron chi connectivity index (χ1n) is 30.8. The minimum absolute atomic E-state index is 0.271. The summed E-state index contributed by atoms with van der Waals surface area (Å²) in [6, 6.07) is 39.2. The third kappa shape index (κ3) is 20.1. The first-order valence-corrected chi connectivity index (χ1v) is 36.2. The molecule has 0 atom stereocenters. The van der Waals surface area contributed by atoms with Crippen LogP contribution in [-0.2, 0) is 47.3 Å². The van der Waals surface area contributed by atoms with Crippen molar-refractivity contribution in [3.63, 3.8) is 0 Å². The van der Waals surface area contributed by atoms with Crippen LogP contribution < -0.4 is 5.32 Å². The Morgan fingerprint density at radius 2 is 0.828 bits per heavy atom.